The number of amides is 1. The van der Waals surface area contributed by atoms with E-state index < -0.39 is 0 Å². The number of hydrogen-bond acceptors (Lipinski definition) is 3. The molecule has 0 radical (unpaired) electrons. The van der Waals surface area contributed by atoms with Gasteiger partial charge in [0.2, 0.25) is 5.91 Å². The molecule has 3 rings (SSSR count). The molecule has 0 bridgehead atoms. The number of ether oxygens (including phenoxy) is 1. The average molecular weight is 372 g/mol. The highest BCUT2D eigenvalue weighted by Crippen LogP contribution is 2.39. The molecule has 2 aromatic rings. The first-order valence-corrected chi connectivity index (χ1v) is 10.6. The summed E-state index contributed by atoms with van der Waals surface area (Å²) in [6, 6.07) is 10.4. The van der Waals surface area contributed by atoms with Crippen LogP contribution in [-0.2, 0) is 11.2 Å². The number of carbonyl (C=O) groups excluding carboxylic acids is 1. The van der Waals surface area contributed by atoms with Crippen LogP contribution in [0.25, 0.3) is 0 Å². The lowest BCUT2D eigenvalue weighted by atomic mass is 9.90. The summed E-state index contributed by atoms with van der Waals surface area (Å²) in [4.78, 5) is 16.9. The molecule has 1 aromatic carbocycles. The van der Waals surface area contributed by atoms with Crippen LogP contribution in [0.15, 0.2) is 35.7 Å². The van der Waals surface area contributed by atoms with Gasteiger partial charge in [-0.15, -0.1) is 11.3 Å². The molecule has 0 unspecified atom stereocenters. The maximum Gasteiger partial charge on any atom is 0.226 e. The molecule has 4 heteroatoms. The molecule has 1 amide bonds. The Morgan fingerprint density at radius 1 is 1.27 bits per heavy atom. The molecule has 1 aromatic heterocycles. The number of carbonyl (C=O) groups is 1. The van der Waals surface area contributed by atoms with Crippen molar-refractivity contribution in [1.82, 2.24) is 4.90 Å². The standard InChI is InChI=1S/C22H29NO2S/c1-4-6-7-16(5-2)22(24)23-14-12-20-19(13-15-26-20)21(23)17-8-10-18(25-3)11-9-17/h8-11,13,15-16,21H,4-7,12,14H2,1-3H3/t16-,21+/m0/s1. The average Bonchev–Trinajstić information content (AvgIpc) is 3.16. The third-order valence-electron chi connectivity index (χ3n) is 5.43. The van der Waals surface area contributed by atoms with Crippen molar-refractivity contribution in [3.63, 3.8) is 0 Å². The lowest BCUT2D eigenvalue weighted by Crippen LogP contribution is -2.43. The summed E-state index contributed by atoms with van der Waals surface area (Å²) in [6.45, 7) is 5.14. The van der Waals surface area contributed by atoms with Gasteiger partial charge in [-0.3, -0.25) is 4.79 Å². The maximum absolute atomic E-state index is 13.4. The first kappa shape index (κ1) is 19.0. The molecule has 2 heterocycles. The van der Waals surface area contributed by atoms with E-state index in [4.69, 9.17) is 4.74 Å². The molecule has 2 atom stereocenters. The molecular formula is C22H29NO2S. The molecule has 0 saturated carbocycles. The van der Waals surface area contributed by atoms with E-state index in [-0.39, 0.29) is 12.0 Å². The Kier molecular flexibility index (Phi) is 6.36. The summed E-state index contributed by atoms with van der Waals surface area (Å²) in [5.41, 5.74) is 2.47. The van der Waals surface area contributed by atoms with Gasteiger partial charge in [-0.1, -0.05) is 38.8 Å². The topological polar surface area (TPSA) is 29.5 Å². The lowest BCUT2D eigenvalue weighted by molar-refractivity contribution is -0.138. The van der Waals surface area contributed by atoms with Gasteiger partial charge in [0.1, 0.15) is 5.75 Å². The van der Waals surface area contributed by atoms with E-state index in [1.54, 1.807) is 7.11 Å². The van der Waals surface area contributed by atoms with Crippen LogP contribution in [0.4, 0.5) is 0 Å². The van der Waals surface area contributed by atoms with E-state index in [2.05, 4.69) is 42.3 Å². The van der Waals surface area contributed by atoms with E-state index >= 15 is 0 Å². The van der Waals surface area contributed by atoms with Gasteiger partial charge in [0.25, 0.3) is 0 Å². The second kappa shape index (κ2) is 8.72. The molecule has 1 aliphatic heterocycles. The Morgan fingerprint density at radius 3 is 2.69 bits per heavy atom. The first-order chi connectivity index (χ1) is 12.7. The largest absolute Gasteiger partial charge is 0.497 e. The normalized spacial score (nSPS) is 17.7. The van der Waals surface area contributed by atoms with E-state index in [0.29, 0.717) is 5.91 Å². The number of hydrogen-bond donors (Lipinski definition) is 0. The van der Waals surface area contributed by atoms with Crippen LogP contribution in [-0.4, -0.2) is 24.5 Å². The van der Waals surface area contributed by atoms with Crippen LogP contribution in [0.5, 0.6) is 5.75 Å². The van der Waals surface area contributed by atoms with Gasteiger partial charge >= 0.3 is 0 Å². The molecule has 1 aliphatic rings. The van der Waals surface area contributed by atoms with E-state index in [0.717, 1.165) is 44.4 Å². The molecular weight excluding hydrogens is 342 g/mol. The lowest BCUT2D eigenvalue weighted by Gasteiger charge is -2.38. The molecule has 26 heavy (non-hydrogen) atoms. The van der Waals surface area contributed by atoms with Crippen LogP contribution in [0, 0.1) is 5.92 Å². The maximum atomic E-state index is 13.4. The third-order valence-corrected chi connectivity index (χ3v) is 6.43. The van der Waals surface area contributed by atoms with Crippen LogP contribution in [0.1, 0.15) is 61.6 Å². The minimum absolute atomic E-state index is 0.0269. The summed E-state index contributed by atoms with van der Waals surface area (Å²) in [6.07, 6.45) is 5.14. The SMILES string of the molecule is CCCC[C@H](CC)C(=O)N1CCc2sccc2[C@H]1c1ccc(OC)cc1. The number of rotatable bonds is 7. The van der Waals surface area contributed by atoms with Gasteiger partial charge < -0.3 is 9.64 Å². The number of benzene rings is 1. The predicted molar refractivity (Wildman–Crippen MR) is 108 cm³/mol. The fraction of sp³-hybridized carbons (Fsp3) is 0.500. The minimum atomic E-state index is 0.0269. The van der Waals surface area contributed by atoms with E-state index in [9.17, 15) is 4.79 Å². The number of fused-ring (bicyclic) bond motifs is 1. The summed E-state index contributed by atoms with van der Waals surface area (Å²) in [5, 5.41) is 2.16. The Morgan fingerprint density at radius 2 is 2.04 bits per heavy atom. The third kappa shape index (κ3) is 3.80. The van der Waals surface area contributed by atoms with Crippen LogP contribution >= 0.6 is 11.3 Å². The highest BCUT2D eigenvalue weighted by molar-refractivity contribution is 7.10. The summed E-state index contributed by atoms with van der Waals surface area (Å²) >= 11 is 1.81. The monoisotopic (exact) mass is 371 g/mol. The van der Waals surface area contributed by atoms with Crippen LogP contribution < -0.4 is 4.74 Å². The van der Waals surface area contributed by atoms with Crippen molar-refractivity contribution in [3.05, 3.63) is 51.7 Å². The second-order valence-electron chi connectivity index (χ2n) is 7.00. The highest BCUT2D eigenvalue weighted by Gasteiger charge is 2.35. The first-order valence-electron chi connectivity index (χ1n) is 9.70. The smallest absolute Gasteiger partial charge is 0.226 e. The molecule has 0 saturated heterocycles. The summed E-state index contributed by atoms with van der Waals surface area (Å²) < 4.78 is 5.31. The molecule has 140 valence electrons. The van der Waals surface area contributed by atoms with Gasteiger partial charge in [0.15, 0.2) is 0 Å². The molecule has 0 aliphatic carbocycles. The fourth-order valence-corrected chi connectivity index (χ4v) is 4.79. The van der Waals surface area contributed by atoms with Gasteiger partial charge in [-0.2, -0.15) is 0 Å². The summed E-state index contributed by atoms with van der Waals surface area (Å²) in [7, 11) is 1.68. The highest BCUT2D eigenvalue weighted by atomic mass is 32.1. The van der Waals surface area contributed by atoms with Crippen molar-refractivity contribution in [1.29, 1.82) is 0 Å². The molecule has 0 N–H and O–H groups in total. The molecule has 0 fully saturated rings. The van der Waals surface area contributed by atoms with Gasteiger partial charge in [0, 0.05) is 17.3 Å². The van der Waals surface area contributed by atoms with E-state index in [1.807, 2.05) is 23.5 Å². The fourth-order valence-electron chi connectivity index (χ4n) is 3.89. The Balaban J connectivity index is 1.93. The van der Waals surface area contributed by atoms with E-state index in [1.165, 1.54) is 16.0 Å². The van der Waals surface area contributed by atoms with Crippen LogP contribution in [0.2, 0.25) is 0 Å². The Bertz CT molecular complexity index is 722. The van der Waals surface area contributed by atoms with Crippen molar-refractivity contribution in [2.24, 2.45) is 5.92 Å². The second-order valence-corrected chi connectivity index (χ2v) is 8.00. The zero-order valence-corrected chi connectivity index (χ0v) is 16.8. The van der Waals surface area contributed by atoms with Crippen molar-refractivity contribution in [2.45, 2.75) is 52.0 Å². The Labute approximate surface area is 161 Å². The number of thiophene rings is 1. The quantitative estimate of drug-likeness (QED) is 0.648. The van der Waals surface area contributed by atoms with Crippen LogP contribution in [0.3, 0.4) is 0 Å². The minimum Gasteiger partial charge on any atom is -0.497 e. The van der Waals surface area contributed by atoms with Crippen molar-refractivity contribution >= 4 is 17.2 Å². The van der Waals surface area contributed by atoms with Crippen molar-refractivity contribution in [2.75, 3.05) is 13.7 Å². The van der Waals surface area contributed by atoms with Gasteiger partial charge in [-0.05, 0) is 54.0 Å². The van der Waals surface area contributed by atoms with Gasteiger partial charge in [0.05, 0.1) is 13.2 Å². The van der Waals surface area contributed by atoms with Crippen molar-refractivity contribution in [3.8, 4) is 5.75 Å². The number of methoxy groups -OCH3 is 1. The van der Waals surface area contributed by atoms with Crippen molar-refractivity contribution < 1.29 is 9.53 Å². The zero-order valence-electron chi connectivity index (χ0n) is 16.0. The Hall–Kier alpha value is -1.81. The number of nitrogens with zero attached hydrogens (tertiary/aromatic N) is 1. The van der Waals surface area contributed by atoms with Gasteiger partial charge in [-0.25, -0.2) is 0 Å². The molecule has 0 spiro atoms. The zero-order chi connectivity index (χ0) is 18.5. The predicted octanol–water partition coefficient (Wildman–Crippen LogP) is 5.45. The summed E-state index contributed by atoms with van der Waals surface area (Å²) in [5.74, 6) is 1.30. The molecule has 3 nitrogen and oxygen atoms in total. The number of unbranched alkanes of at least 4 members (excludes halogenated alkanes) is 1.